The first-order valence-electron chi connectivity index (χ1n) is 4.55. The van der Waals surface area contributed by atoms with Crippen molar-refractivity contribution in [3.63, 3.8) is 0 Å². The highest BCUT2D eigenvalue weighted by Crippen LogP contribution is 2.31. The Balaban J connectivity index is 2.31. The molecule has 1 unspecified atom stereocenters. The first-order chi connectivity index (χ1) is 6.77. The molecule has 0 bridgehead atoms. The number of nitrogens with zero attached hydrogens (tertiary/aromatic N) is 1. The van der Waals surface area contributed by atoms with Crippen LogP contribution in [0.2, 0.25) is 5.02 Å². The molecule has 3 heteroatoms. The van der Waals surface area contributed by atoms with Gasteiger partial charge in [-0.2, -0.15) is 0 Å². The van der Waals surface area contributed by atoms with Gasteiger partial charge < -0.3 is 0 Å². The number of hydrogen-bond donors (Lipinski definition) is 0. The van der Waals surface area contributed by atoms with Crippen LogP contribution in [0.5, 0.6) is 0 Å². The molecule has 1 aliphatic heterocycles. The van der Waals surface area contributed by atoms with E-state index in [1.165, 1.54) is 5.56 Å². The van der Waals surface area contributed by atoms with Crippen molar-refractivity contribution < 1.29 is 0 Å². The van der Waals surface area contributed by atoms with Gasteiger partial charge in [-0.1, -0.05) is 39.7 Å². The fourth-order valence-corrected chi connectivity index (χ4v) is 2.42. The Morgan fingerprint density at radius 2 is 2.29 bits per heavy atom. The Morgan fingerprint density at radius 3 is 2.93 bits per heavy atom. The minimum absolute atomic E-state index is 0.424. The first kappa shape index (κ1) is 10.1. The van der Waals surface area contributed by atoms with Crippen LogP contribution in [0.15, 0.2) is 34.9 Å². The van der Waals surface area contributed by atoms with Gasteiger partial charge >= 0.3 is 0 Å². The molecular formula is C11H10BrClN. The van der Waals surface area contributed by atoms with Crippen molar-refractivity contribution in [2.24, 2.45) is 0 Å². The summed E-state index contributed by atoms with van der Waals surface area (Å²) in [6.45, 7) is 0.896. The highest BCUT2D eigenvalue weighted by molar-refractivity contribution is 9.10. The summed E-state index contributed by atoms with van der Waals surface area (Å²) in [5, 5.41) is 5.00. The maximum absolute atomic E-state index is 6.17. The first-order valence-corrected chi connectivity index (χ1v) is 5.72. The monoisotopic (exact) mass is 270 g/mol. The summed E-state index contributed by atoms with van der Waals surface area (Å²) >= 11 is 9.57. The van der Waals surface area contributed by atoms with Gasteiger partial charge in [-0.15, -0.1) is 0 Å². The third kappa shape index (κ3) is 2.12. The fraction of sp³-hybridized carbons (Fsp3) is 0.273. The van der Waals surface area contributed by atoms with Gasteiger partial charge in [-0.05, 0) is 24.1 Å². The molecule has 1 radical (unpaired) electrons. The van der Waals surface area contributed by atoms with Gasteiger partial charge in [0.25, 0.3) is 0 Å². The highest BCUT2D eigenvalue weighted by Gasteiger charge is 2.14. The summed E-state index contributed by atoms with van der Waals surface area (Å²) in [4.78, 5) is 0. The van der Waals surface area contributed by atoms with Crippen molar-refractivity contribution in [2.75, 3.05) is 6.54 Å². The number of halogens is 2. The number of hydrogen-bond acceptors (Lipinski definition) is 0. The van der Waals surface area contributed by atoms with Crippen molar-refractivity contribution in [1.82, 2.24) is 5.32 Å². The van der Waals surface area contributed by atoms with Crippen molar-refractivity contribution in [3.05, 3.63) is 45.5 Å². The van der Waals surface area contributed by atoms with Crippen LogP contribution in [0.4, 0.5) is 0 Å². The van der Waals surface area contributed by atoms with E-state index < -0.39 is 0 Å². The molecule has 0 aromatic heterocycles. The van der Waals surface area contributed by atoms with E-state index in [-0.39, 0.29) is 0 Å². The molecule has 1 atom stereocenters. The maximum atomic E-state index is 6.17. The van der Waals surface area contributed by atoms with Crippen LogP contribution < -0.4 is 5.32 Å². The van der Waals surface area contributed by atoms with Crippen LogP contribution >= 0.6 is 27.5 Å². The van der Waals surface area contributed by atoms with E-state index in [9.17, 15) is 0 Å². The van der Waals surface area contributed by atoms with Crippen molar-refractivity contribution >= 4 is 27.5 Å². The Hall–Kier alpha value is -0.470. The third-order valence-corrected chi connectivity index (χ3v) is 3.18. The Morgan fingerprint density at radius 1 is 1.43 bits per heavy atom. The predicted molar refractivity (Wildman–Crippen MR) is 62.7 cm³/mol. The molecule has 0 saturated carbocycles. The second-order valence-corrected chi connectivity index (χ2v) is 4.63. The summed E-state index contributed by atoms with van der Waals surface area (Å²) in [5.74, 6) is 0.424. The van der Waals surface area contributed by atoms with E-state index in [1.54, 1.807) is 0 Å². The van der Waals surface area contributed by atoms with Crippen LogP contribution in [-0.4, -0.2) is 6.54 Å². The minimum atomic E-state index is 0.424. The van der Waals surface area contributed by atoms with E-state index in [0.29, 0.717) is 5.92 Å². The van der Waals surface area contributed by atoms with Crippen molar-refractivity contribution in [1.29, 1.82) is 0 Å². The molecule has 0 fully saturated rings. The Labute approximate surface area is 97.3 Å². The lowest BCUT2D eigenvalue weighted by Crippen LogP contribution is -2.10. The fourth-order valence-electron chi connectivity index (χ4n) is 1.61. The molecule has 0 aliphatic carbocycles. The molecule has 0 saturated heterocycles. The zero-order chi connectivity index (χ0) is 9.97. The van der Waals surface area contributed by atoms with Gasteiger partial charge in [0.1, 0.15) is 0 Å². The zero-order valence-corrected chi connectivity index (χ0v) is 9.92. The van der Waals surface area contributed by atoms with Crippen LogP contribution in [0, 0.1) is 0 Å². The van der Waals surface area contributed by atoms with E-state index in [1.807, 2.05) is 18.3 Å². The maximum Gasteiger partial charge on any atom is 0.0455 e. The standard InChI is InChI=1S/C11H10BrClN/c12-9-1-2-10(11(13)7-9)8-3-5-14-6-4-8/h1-3,5,7-8H,4,6H2. The molecule has 0 spiro atoms. The summed E-state index contributed by atoms with van der Waals surface area (Å²) in [7, 11) is 0. The zero-order valence-electron chi connectivity index (χ0n) is 7.58. The van der Waals surface area contributed by atoms with Gasteiger partial charge in [0, 0.05) is 28.2 Å². The van der Waals surface area contributed by atoms with E-state index in [4.69, 9.17) is 11.6 Å². The highest BCUT2D eigenvalue weighted by atomic mass is 79.9. The van der Waals surface area contributed by atoms with Crippen molar-refractivity contribution in [3.8, 4) is 0 Å². The van der Waals surface area contributed by atoms with Crippen LogP contribution in [0.1, 0.15) is 17.9 Å². The second-order valence-electron chi connectivity index (χ2n) is 3.31. The molecule has 1 heterocycles. The topological polar surface area (TPSA) is 14.1 Å². The lowest BCUT2D eigenvalue weighted by molar-refractivity contribution is 0.650. The lowest BCUT2D eigenvalue weighted by Gasteiger charge is -2.17. The summed E-state index contributed by atoms with van der Waals surface area (Å²) in [6, 6.07) is 6.05. The minimum Gasteiger partial charge on any atom is -0.293 e. The van der Waals surface area contributed by atoms with Crippen LogP contribution in [0.3, 0.4) is 0 Å². The number of rotatable bonds is 1. The molecule has 1 aromatic rings. The molecule has 0 amide bonds. The Bertz CT molecular complexity index is 362. The van der Waals surface area contributed by atoms with E-state index in [0.717, 1.165) is 22.5 Å². The van der Waals surface area contributed by atoms with Crippen LogP contribution in [0.25, 0.3) is 0 Å². The summed E-state index contributed by atoms with van der Waals surface area (Å²) in [6.07, 6.45) is 5.04. The molecule has 0 N–H and O–H groups in total. The predicted octanol–water partition coefficient (Wildman–Crippen LogP) is 3.71. The van der Waals surface area contributed by atoms with Gasteiger partial charge in [-0.25, -0.2) is 0 Å². The summed E-state index contributed by atoms with van der Waals surface area (Å²) < 4.78 is 1.02. The average Bonchev–Trinajstić information content (AvgIpc) is 2.19. The molecule has 73 valence electrons. The molecule has 1 aromatic carbocycles. The lowest BCUT2D eigenvalue weighted by atomic mass is 9.94. The molecular weight excluding hydrogens is 261 g/mol. The van der Waals surface area contributed by atoms with Gasteiger partial charge in [-0.3, -0.25) is 5.32 Å². The largest absolute Gasteiger partial charge is 0.293 e. The Kier molecular flexibility index (Phi) is 3.14. The van der Waals surface area contributed by atoms with Crippen molar-refractivity contribution in [2.45, 2.75) is 12.3 Å². The second kappa shape index (κ2) is 4.37. The summed E-state index contributed by atoms with van der Waals surface area (Å²) in [5.41, 5.74) is 1.20. The normalized spacial score (nSPS) is 20.6. The van der Waals surface area contributed by atoms with E-state index >= 15 is 0 Å². The van der Waals surface area contributed by atoms with Gasteiger partial charge in [0.2, 0.25) is 0 Å². The van der Waals surface area contributed by atoms with Gasteiger partial charge in [0.05, 0.1) is 0 Å². The molecule has 2 rings (SSSR count). The van der Waals surface area contributed by atoms with Crippen LogP contribution in [-0.2, 0) is 0 Å². The molecule has 1 aliphatic rings. The quantitative estimate of drug-likeness (QED) is 0.739. The average molecular weight is 272 g/mol. The molecule has 14 heavy (non-hydrogen) atoms. The van der Waals surface area contributed by atoms with E-state index in [2.05, 4.69) is 33.4 Å². The third-order valence-electron chi connectivity index (χ3n) is 2.35. The number of benzene rings is 1. The smallest absolute Gasteiger partial charge is 0.0455 e. The SMILES string of the molecule is Clc1cc(Br)ccc1C1C=C[N]CC1. The number of allylic oxidation sites excluding steroid dienone is 1. The van der Waals surface area contributed by atoms with Gasteiger partial charge in [0.15, 0.2) is 0 Å². The molecule has 1 nitrogen and oxygen atoms in total.